The Kier molecular flexibility index (Phi) is 9.38. The second kappa shape index (κ2) is 12.7. The standard InChI is InChI=1S/C28H31N3O3S/c1-20(2)16-17-34-23-13-9-12-22(18-23)26(32)30-28(35)29-25-15-8-7-14-24(25)27(33)31(3)19-21-10-5-4-6-11-21/h4-15,18,20H,16-17,19H2,1-3H3,(H2,29,30,32,35). The number of thiocarbonyl (C=S) groups is 1. The summed E-state index contributed by atoms with van der Waals surface area (Å²) in [6.45, 7) is 5.33. The van der Waals surface area contributed by atoms with Crippen molar-refractivity contribution in [1.82, 2.24) is 10.2 Å². The van der Waals surface area contributed by atoms with E-state index in [-0.39, 0.29) is 16.9 Å². The van der Waals surface area contributed by atoms with Crippen LogP contribution in [0.3, 0.4) is 0 Å². The maximum atomic E-state index is 13.1. The smallest absolute Gasteiger partial charge is 0.257 e. The van der Waals surface area contributed by atoms with E-state index in [1.165, 1.54) is 0 Å². The van der Waals surface area contributed by atoms with Crippen LogP contribution in [0.2, 0.25) is 0 Å². The Bertz CT molecular complexity index is 1160. The van der Waals surface area contributed by atoms with Crippen molar-refractivity contribution in [3.8, 4) is 5.75 Å². The number of benzene rings is 3. The minimum atomic E-state index is -0.359. The zero-order valence-corrected chi connectivity index (χ0v) is 21.1. The van der Waals surface area contributed by atoms with Crippen molar-refractivity contribution in [1.29, 1.82) is 0 Å². The summed E-state index contributed by atoms with van der Waals surface area (Å²) in [4.78, 5) is 27.5. The van der Waals surface area contributed by atoms with Gasteiger partial charge in [0.2, 0.25) is 0 Å². The summed E-state index contributed by atoms with van der Waals surface area (Å²) in [6, 6.07) is 23.8. The first-order valence-electron chi connectivity index (χ1n) is 11.6. The highest BCUT2D eigenvalue weighted by Gasteiger charge is 2.17. The lowest BCUT2D eigenvalue weighted by Gasteiger charge is -2.20. The summed E-state index contributed by atoms with van der Waals surface area (Å²) in [6.07, 6.45) is 0.934. The average Bonchev–Trinajstić information content (AvgIpc) is 2.84. The van der Waals surface area contributed by atoms with Crippen LogP contribution in [-0.4, -0.2) is 35.5 Å². The van der Waals surface area contributed by atoms with E-state index in [4.69, 9.17) is 17.0 Å². The van der Waals surface area contributed by atoms with E-state index in [9.17, 15) is 9.59 Å². The molecule has 0 fully saturated rings. The Morgan fingerprint density at radius 2 is 1.69 bits per heavy atom. The highest BCUT2D eigenvalue weighted by molar-refractivity contribution is 7.80. The van der Waals surface area contributed by atoms with Gasteiger partial charge in [-0.1, -0.05) is 62.4 Å². The fourth-order valence-electron chi connectivity index (χ4n) is 3.38. The normalized spacial score (nSPS) is 10.5. The van der Waals surface area contributed by atoms with E-state index in [2.05, 4.69) is 24.5 Å². The molecular formula is C28H31N3O3S. The second-order valence-electron chi connectivity index (χ2n) is 8.66. The van der Waals surface area contributed by atoms with Crippen LogP contribution in [0.4, 0.5) is 5.69 Å². The zero-order valence-electron chi connectivity index (χ0n) is 20.3. The van der Waals surface area contributed by atoms with Crippen LogP contribution in [0, 0.1) is 5.92 Å². The second-order valence-corrected chi connectivity index (χ2v) is 9.07. The number of rotatable bonds is 9. The van der Waals surface area contributed by atoms with E-state index >= 15 is 0 Å². The molecule has 182 valence electrons. The molecule has 7 heteroatoms. The van der Waals surface area contributed by atoms with Crippen LogP contribution in [-0.2, 0) is 6.54 Å². The van der Waals surface area contributed by atoms with Crippen molar-refractivity contribution in [2.24, 2.45) is 5.92 Å². The molecule has 2 N–H and O–H groups in total. The quantitative estimate of drug-likeness (QED) is 0.388. The van der Waals surface area contributed by atoms with Crippen molar-refractivity contribution < 1.29 is 14.3 Å². The lowest BCUT2D eigenvalue weighted by Crippen LogP contribution is -2.35. The predicted molar refractivity (Wildman–Crippen MR) is 144 cm³/mol. The molecule has 0 radical (unpaired) electrons. The minimum Gasteiger partial charge on any atom is -0.494 e. The first kappa shape index (κ1) is 25.9. The van der Waals surface area contributed by atoms with Crippen molar-refractivity contribution in [2.75, 3.05) is 19.0 Å². The molecule has 0 aliphatic heterocycles. The monoisotopic (exact) mass is 489 g/mol. The molecular weight excluding hydrogens is 458 g/mol. The summed E-state index contributed by atoms with van der Waals surface area (Å²) in [5.41, 5.74) is 2.45. The van der Waals surface area contributed by atoms with Gasteiger partial charge in [-0.2, -0.15) is 0 Å². The molecule has 0 aromatic heterocycles. The maximum Gasteiger partial charge on any atom is 0.257 e. The number of nitrogens with one attached hydrogen (secondary N) is 2. The number of ether oxygens (including phenoxy) is 1. The molecule has 35 heavy (non-hydrogen) atoms. The van der Waals surface area contributed by atoms with Gasteiger partial charge in [-0.15, -0.1) is 0 Å². The predicted octanol–water partition coefficient (Wildman–Crippen LogP) is 5.51. The number of nitrogens with zero attached hydrogens (tertiary/aromatic N) is 1. The highest BCUT2D eigenvalue weighted by Crippen LogP contribution is 2.19. The van der Waals surface area contributed by atoms with Gasteiger partial charge in [0.05, 0.1) is 17.9 Å². The lowest BCUT2D eigenvalue weighted by molar-refractivity contribution is 0.0786. The van der Waals surface area contributed by atoms with Gasteiger partial charge in [0.15, 0.2) is 5.11 Å². The Labute approximate surface area is 212 Å². The molecule has 0 aliphatic carbocycles. The summed E-state index contributed by atoms with van der Waals surface area (Å²) in [5.74, 6) is 0.659. The Morgan fingerprint density at radius 3 is 2.43 bits per heavy atom. The van der Waals surface area contributed by atoms with Gasteiger partial charge < -0.3 is 15.0 Å². The first-order valence-corrected chi connectivity index (χ1v) is 12.0. The van der Waals surface area contributed by atoms with E-state index in [0.717, 1.165) is 12.0 Å². The number of carbonyl (C=O) groups excluding carboxylic acids is 2. The van der Waals surface area contributed by atoms with Crippen LogP contribution >= 0.6 is 12.2 Å². The van der Waals surface area contributed by atoms with E-state index in [1.54, 1.807) is 54.4 Å². The largest absolute Gasteiger partial charge is 0.494 e. The van der Waals surface area contributed by atoms with Gasteiger partial charge in [0, 0.05) is 19.2 Å². The minimum absolute atomic E-state index is 0.104. The molecule has 0 saturated carbocycles. The molecule has 0 unspecified atom stereocenters. The third-order valence-corrected chi connectivity index (χ3v) is 5.51. The summed E-state index contributed by atoms with van der Waals surface area (Å²) in [7, 11) is 1.75. The van der Waals surface area contributed by atoms with Crippen molar-refractivity contribution in [3.63, 3.8) is 0 Å². The number of amides is 2. The summed E-state index contributed by atoms with van der Waals surface area (Å²) < 4.78 is 5.74. The third kappa shape index (κ3) is 7.93. The SMILES string of the molecule is CC(C)CCOc1cccc(C(=O)NC(=S)Nc2ccccc2C(=O)N(C)Cc2ccccc2)c1. The van der Waals surface area contributed by atoms with Gasteiger partial charge >= 0.3 is 0 Å². The van der Waals surface area contributed by atoms with Crippen LogP contribution in [0.1, 0.15) is 46.5 Å². The van der Waals surface area contributed by atoms with Crippen LogP contribution in [0.15, 0.2) is 78.9 Å². The molecule has 6 nitrogen and oxygen atoms in total. The Hall–Kier alpha value is -3.71. The fourth-order valence-corrected chi connectivity index (χ4v) is 3.58. The summed E-state index contributed by atoms with van der Waals surface area (Å²) >= 11 is 5.36. The van der Waals surface area contributed by atoms with Gasteiger partial charge in [0.1, 0.15) is 5.75 Å². The van der Waals surface area contributed by atoms with Gasteiger partial charge in [-0.25, -0.2) is 0 Å². The maximum absolute atomic E-state index is 13.1. The summed E-state index contributed by atoms with van der Waals surface area (Å²) in [5, 5.41) is 5.78. The number of para-hydroxylation sites is 1. The van der Waals surface area contributed by atoms with Gasteiger partial charge in [-0.3, -0.25) is 14.9 Å². The van der Waals surface area contributed by atoms with E-state index in [0.29, 0.717) is 41.6 Å². The van der Waals surface area contributed by atoms with Crippen molar-refractivity contribution in [3.05, 3.63) is 95.6 Å². The molecule has 3 aromatic rings. The molecule has 0 heterocycles. The number of hydrogen-bond acceptors (Lipinski definition) is 4. The molecule has 0 saturated heterocycles. The molecule has 0 bridgehead atoms. The molecule has 0 aliphatic rings. The lowest BCUT2D eigenvalue weighted by atomic mass is 10.1. The Morgan fingerprint density at radius 1 is 0.971 bits per heavy atom. The molecule has 3 rings (SSSR count). The van der Waals surface area contributed by atoms with Crippen molar-refractivity contribution in [2.45, 2.75) is 26.8 Å². The molecule has 0 spiro atoms. The first-order chi connectivity index (χ1) is 16.8. The molecule has 2 amide bonds. The van der Waals surface area contributed by atoms with Gasteiger partial charge in [0.25, 0.3) is 11.8 Å². The van der Waals surface area contributed by atoms with E-state index in [1.807, 2.05) is 36.4 Å². The average molecular weight is 490 g/mol. The molecule has 0 atom stereocenters. The van der Waals surface area contributed by atoms with Crippen LogP contribution in [0.5, 0.6) is 5.75 Å². The topological polar surface area (TPSA) is 70.7 Å². The third-order valence-electron chi connectivity index (χ3n) is 5.30. The zero-order chi connectivity index (χ0) is 25.2. The van der Waals surface area contributed by atoms with E-state index < -0.39 is 0 Å². The fraction of sp³-hybridized carbons (Fsp3) is 0.250. The number of hydrogen-bond donors (Lipinski definition) is 2. The highest BCUT2D eigenvalue weighted by atomic mass is 32.1. The van der Waals surface area contributed by atoms with Crippen molar-refractivity contribution >= 4 is 34.8 Å². The number of carbonyl (C=O) groups is 2. The van der Waals surface area contributed by atoms with Crippen LogP contribution < -0.4 is 15.4 Å². The number of anilines is 1. The Balaban J connectivity index is 1.62. The molecule has 3 aromatic carbocycles. The van der Waals surface area contributed by atoms with Gasteiger partial charge in [-0.05, 0) is 60.5 Å². The van der Waals surface area contributed by atoms with Crippen LogP contribution in [0.25, 0.3) is 0 Å².